The van der Waals surface area contributed by atoms with Crippen molar-refractivity contribution in [2.75, 3.05) is 20.2 Å². The average molecular weight is 383 g/mol. The van der Waals surface area contributed by atoms with E-state index < -0.39 is 10.0 Å². The molecule has 0 atom stereocenters. The molecule has 146 valence electrons. The number of carbonyl (C=O) groups excluding carboxylic acids is 1. The number of carbonyl (C=O) groups is 1. The minimum atomic E-state index is -3.70. The highest BCUT2D eigenvalue weighted by Gasteiger charge is 2.24. The number of rotatable bonds is 7. The molecule has 1 amide bonds. The van der Waals surface area contributed by atoms with E-state index in [0.717, 1.165) is 30.0 Å². The molecular weight excluding hydrogens is 352 g/mol. The molecular formula is C19H30N2O4S. The van der Waals surface area contributed by atoms with Gasteiger partial charge in [-0.05, 0) is 44.0 Å². The van der Waals surface area contributed by atoms with Gasteiger partial charge in [0.25, 0.3) is 0 Å². The van der Waals surface area contributed by atoms with Crippen molar-refractivity contribution >= 4 is 15.9 Å². The van der Waals surface area contributed by atoms with E-state index in [9.17, 15) is 13.2 Å². The van der Waals surface area contributed by atoms with E-state index in [0.29, 0.717) is 12.4 Å². The van der Waals surface area contributed by atoms with Gasteiger partial charge in [0.05, 0.1) is 18.0 Å². The van der Waals surface area contributed by atoms with Gasteiger partial charge >= 0.3 is 0 Å². The van der Waals surface area contributed by atoms with Crippen LogP contribution in [-0.2, 0) is 14.8 Å². The number of nitrogens with zero attached hydrogens (tertiary/aromatic N) is 1. The van der Waals surface area contributed by atoms with E-state index in [4.69, 9.17) is 4.74 Å². The lowest BCUT2D eigenvalue weighted by Crippen LogP contribution is -2.42. The topological polar surface area (TPSA) is 75.7 Å². The van der Waals surface area contributed by atoms with Crippen LogP contribution in [-0.4, -0.2) is 44.9 Å². The second kappa shape index (κ2) is 9.92. The summed E-state index contributed by atoms with van der Waals surface area (Å²) in [6.07, 6.45) is 7.86. The van der Waals surface area contributed by atoms with Crippen LogP contribution in [0.1, 0.15) is 51.9 Å². The van der Waals surface area contributed by atoms with Gasteiger partial charge < -0.3 is 10.1 Å². The predicted octanol–water partition coefficient (Wildman–Crippen LogP) is 2.93. The number of benzene rings is 1. The van der Waals surface area contributed by atoms with Gasteiger partial charge in [0.2, 0.25) is 15.9 Å². The Morgan fingerprint density at radius 1 is 1.12 bits per heavy atom. The van der Waals surface area contributed by atoms with E-state index in [1.54, 1.807) is 12.1 Å². The molecule has 1 aliphatic carbocycles. The molecule has 0 saturated heterocycles. The summed E-state index contributed by atoms with van der Waals surface area (Å²) < 4.78 is 31.7. The van der Waals surface area contributed by atoms with Gasteiger partial charge in [0.15, 0.2) is 0 Å². The van der Waals surface area contributed by atoms with Gasteiger partial charge in [-0.1, -0.05) is 32.1 Å². The van der Waals surface area contributed by atoms with Crippen molar-refractivity contribution in [1.82, 2.24) is 9.62 Å². The maximum absolute atomic E-state index is 12.6. The van der Waals surface area contributed by atoms with Crippen LogP contribution in [0.4, 0.5) is 0 Å². The van der Waals surface area contributed by atoms with Crippen molar-refractivity contribution in [3.63, 3.8) is 0 Å². The summed E-state index contributed by atoms with van der Waals surface area (Å²) in [7, 11) is -2.27. The normalized spacial score (nSPS) is 16.7. The van der Waals surface area contributed by atoms with Crippen molar-refractivity contribution < 1.29 is 17.9 Å². The van der Waals surface area contributed by atoms with E-state index in [1.807, 2.05) is 6.92 Å². The zero-order chi connectivity index (χ0) is 19.0. The van der Waals surface area contributed by atoms with Crippen LogP contribution < -0.4 is 10.1 Å². The van der Waals surface area contributed by atoms with Crippen molar-refractivity contribution in [1.29, 1.82) is 0 Å². The van der Waals surface area contributed by atoms with Crippen molar-refractivity contribution in [3.05, 3.63) is 24.3 Å². The van der Waals surface area contributed by atoms with Gasteiger partial charge in [-0.25, -0.2) is 8.42 Å². The van der Waals surface area contributed by atoms with Gasteiger partial charge in [0, 0.05) is 13.1 Å². The molecule has 0 unspecified atom stereocenters. The number of hydrogen-bond donors (Lipinski definition) is 1. The smallest absolute Gasteiger partial charge is 0.243 e. The molecule has 1 saturated carbocycles. The highest BCUT2D eigenvalue weighted by Crippen LogP contribution is 2.19. The molecule has 1 aromatic carbocycles. The number of ether oxygens (including phenoxy) is 1. The van der Waals surface area contributed by atoms with Gasteiger partial charge in [-0.3, -0.25) is 4.79 Å². The highest BCUT2D eigenvalue weighted by molar-refractivity contribution is 7.89. The Morgan fingerprint density at radius 2 is 1.69 bits per heavy atom. The van der Waals surface area contributed by atoms with Crippen LogP contribution in [0.2, 0.25) is 0 Å². The minimum Gasteiger partial charge on any atom is -0.494 e. The first-order chi connectivity index (χ1) is 12.4. The minimum absolute atomic E-state index is 0.155. The zero-order valence-corrected chi connectivity index (χ0v) is 16.6. The third kappa shape index (κ3) is 5.99. The molecule has 0 bridgehead atoms. The summed E-state index contributed by atoms with van der Waals surface area (Å²) in [6.45, 7) is 2.21. The molecule has 0 aromatic heterocycles. The molecule has 1 N–H and O–H groups in total. The third-order valence-corrected chi connectivity index (χ3v) is 6.50. The van der Waals surface area contributed by atoms with Crippen LogP contribution in [0.25, 0.3) is 0 Å². The van der Waals surface area contributed by atoms with Crippen LogP contribution in [0.15, 0.2) is 29.2 Å². The summed E-state index contributed by atoms with van der Waals surface area (Å²) in [5.74, 6) is 0.378. The maximum atomic E-state index is 12.6. The molecule has 1 fully saturated rings. The second-order valence-electron chi connectivity index (χ2n) is 6.78. The molecule has 0 heterocycles. The fourth-order valence-electron chi connectivity index (χ4n) is 3.22. The first kappa shape index (κ1) is 20.7. The Labute approximate surface area is 157 Å². The van der Waals surface area contributed by atoms with Crippen LogP contribution >= 0.6 is 0 Å². The van der Waals surface area contributed by atoms with Crippen LogP contribution in [0, 0.1) is 0 Å². The third-order valence-electron chi connectivity index (χ3n) is 4.68. The van der Waals surface area contributed by atoms with Crippen LogP contribution in [0.5, 0.6) is 5.75 Å². The second-order valence-corrected chi connectivity index (χ2v) is 8.82. The molecule has 6 nitrogen and oxygen atoms in total. The average Bonchev–Trinajstić information content (AvgIpc) is 2.58. The van der Waals surface area contributed by atoms with Crippen molar-refractivity contribution in [2.45, 2.75) is 62.8 Å². The Bertz CT molecular complexity index is 665. The summed E-state index contributed by atoms with van der Waals surface area (Å²) in [5, 5.41) is 3.00. The number of likely N-dealkylation sites (N-methyl/N-ethyl adjacent to an activating group) is 1. The van der Waals surface area contributed by atoms with E-state index in [1.165, 1.54) is 38.4 Å². The summed E-state index contributed by atoms with van der Waals surface area (Å²) in [4.78, 5) is 12.5. The lowest BCUT2D eigenvalue weighted by molar-refractivity contribution is -0.121. The summed E-state index contributed by atoms with van der Waals surface area (Å²) in [6, 6.07) is 6.41. The zero-order valence-electron chi connectivity index (χ0n) is 15.7. The Kier molecular flexibility index (Phi) is 7.90. The molecule has 0 spiro atoms. The molecule has 1 aromatic rings. The lowest BCUT2D eigenvalue weighted by Gasteiger charge is -2.23. The SMILES string of the molecule is CCOc1ccc(S(=O)(=O)N(C)CC(=O)NC2CCCCCCC2)cc1. The van der Waals surface area contributed by atoms with Crippen LogP contribution in [0.3, 0.4) is 0 Å². The quantitative estimate of drug-likeness (QED) is 0.787. The maximum Gasteiger partial charge on any atom is 0.243 e. The monoisotopic (exact) mass is 382 g/mol. The first-order valence-corrected chi connectivity index (χ1v) is 10.9. The predicted molar refractivity (Wildman–Crippen MR) is 102 cm³/mol. The molecule has 0 radical (unpaired) electrons. The molecule has 0 aliphatic heterocycles. The van der Waals surface area contributed by atoms with E-state index >= 15 is 0 Å². The lowest BCUT2D eigenvalue weighted by atomic mass is 9.97. The number of hydrogen-bond acceptors (Lipinski definition) is 4. The molecule has 26 heavy (non-hydrogen) atoms. The fraction of sp³-hybridized carbons (Fsp3) is 0.632. The molecule has 2 rings (SSSR count). The van der Waals surface area contributed by atoms with E-state index in [-0.39, 0.29) is 23.4 Å². The highest BCUT2D eigenvalue weighted by atomic mass is 32.2. The van der Waals surface area contributed by atoms with Crippen molar-refractivity contribution in [2.24, 2.45) is 0 Å². The van der Waals surface area contributed by atoms with E-state index in [2.05, 4.69) is 5.32 Å². The largest absolute Gasteiger partial charge is 0.494 e. The molecule has 1 aliphatic rings. The number of sulfonamides is 1. The summed E-state index contributed by atoms with van der Waals surface area (Å²) in [5.41, 5.74) is 0. The first-order valence-electron chi connectivity index (χ1n) is 9.42. The number of amides is 1. The molecule has 7 heteroatoms. The Hall–Kier alpha value is -1.60. The van der Waals surface area contributed by atoms with Gasteiger partial charge in [-0.15, -0.1) is 0 Å². The Morgan fingerprint density at radius 3 is 2.27 bits per heavy atom. The van der Waals surface area contributed by atoms with Crippen molar-refractivity contribution in [3.8, 4) is 5.75 Å². The van der Waals surface area contributed by atoms with Gasteiger partial charge in [-0.2, -0.15) is 4.31 Å². The number of nitrogens with one attached hydrogen (secondary N) is 1. The summed E-state index contributed by atoms with van der Waals surface area (Å²) >= 11 is 0. The standard InChI is InChI=1S/C19H30N2O4S/c1-3-25-17-11-13-18(14-12-17)26(23,24)21(2)15-19(22)20-16-9-7-5-4-6-8-10-16/h11-14,16H,3-10,15H2,1-2H3,(H,20,22). The fourth-order valence-corrected chi connectivity index (χ4v) is 4.34. The Balaban J connectivity index is 1.93. The van der Waals surface area contributed by atoms with Gasteiger partial charge in [0.1, 0.15) is 5.75 Å².